The van der Waals surface area contributed by atoms with Gasteiger partial charge >= 0.3 is 11.9 Å². The summed E-state index contributed by atoms with van der Waals surface area (Å²) in [6.45, 7) is 1.31. The first-order valence-electron chi connectivity index (χ1n) is 5.69. The Morgan fingerprint density at radius 3 is 2.32 bits per heavy atom. The molecule has 19 heavy (non-hydrogen) atoms. The van der Waals surface area contributed by atoms with E-state index in [1.165, 1.54) is 25.1 Å². The van der Waals surface area contributed by atoms with Gasteiger partial charge in [-0.05, 0) is 23.8 Å². The first-order valence-corrected chi connectivity index (χ1v) is 5.69. The van der Waals surface area contributed by atoms with E-state index in [1.54, 1.807) is 0 Å². The number of hydrogen-bond donors (Lipinski definition) is 1. The minimum absolute atomic E-state index is 0.148. The van der Waals surface area contributed by atoms with Gasteiger partial charge in [0.1, 0.15) is 5.75 Å². The Labute approximate surface area is 110 Å². The summed E-state index contributed by atoms with van der Waals surface area (Å²) < 4.78 is 5.10. The van der Waals surface area contributed by atoms with Crippen LogP contribution in [0.25, 0.3) is 11.1 Å². The van der Waals surface area contributed by atoms with E-state index < -0.39 is 11.9 Å². The summed E-state index contributed by atoms with van der Waals surface area (Å²) >= 11 is 0. The smallest absolute Gasteiger partial charge is 0.335 e. The highest BCUT2D eigenvalue weighted by Crippen LogP contribution is 2.31. The molecule has 0 fully saturated rings. The molecule has 96 valence electrons. The molecule has 4 heteroatoms. The van der Waals surface area contributed by atoms with Crippen molar-refractivity contribution in [3.63, 3.8) is 0 Å². The fraction of sp³-hybridized carbons (Fsp3) is 0.0667. The Morgan fingerprint density at radius 2 is 1.74 bits per heavy atom. The molecule has 0 saturated heterocycles. The van der Waals surface area contributed by atoms with Crippen LogP contribution in [-0.4, -0.2) is 17.0 Å². The van der Waals surface area contributed by atoms with E-state index >= 15 is 0 Å². The average Bonchev–Trinajstić information content (AvgIpc) is 2.39. The summed E-state index contributed by atoms with van der Waals surface area (Å²) in [5.41, 5.74) is 1.52. The van der Waals surface area contributed by atoms with Gasteiger partial charge in [0.15, 0.2) is 0 Å². The van der Waals surface area contributed by atoms with Gasteiger partial charge in [-0.3, -0.25) is 4.79 Å². The third-order valence-corrected chi connectivity index (χ3v) is 2.56. The Hall–Kier alpha value is -2.62. The van der Waals surface area contributed by atoms with Crippen LogP contribution in [0.1, 0.15) is 17.3 Å². The number of carbonyl (C=O) groups excluding carboxylic acids is 1. The van der Waals surface area contributed by atoms with Gasteiger partial charge in [-0.1, -0.05) is 30.3 Å². The van der Waals surface area contributed by atoms with E-state index in [2.05, 4.69) is 0 Å². The van der Waals surface area contributed by atoms with E-state index in [1.807, 2.05) is 30.3 Å². The maximum Gasteiger partial charge on any atom is 0.335 e. The van der Waals surface area contributed by atoms with Crippen LogP contribution >= 0.6 is 0 Å². The van der Waals surface area contributed by atoms with Crippen LogP contribution in [0.15, 0.2) is 48.5 Å². The monoisotopic (exact) mass is 256 g/mol. The largest absolute Gasteiger partial charge is 0.478 e. The SMILES string of the molecule is CC(=O)Oc1ccc(C(=O)O)cc1-c1ccccc1. The lowest BCUT2D eigenvalue weighted by Gasteiger charge is -2.10. The number of carbonyl (C=O) groups is 2. The molecule has 0 heterocycles. The van der Waals surface area contributed by atoms with Crippen molar-refractivity contribution in [3.05, 3.63) is 54.1 Å². The van der Waals surface area contributed by atoms with Gasteiger partial charge in [0.05, 0.1) is 5.56 Å². The number of benzene rings is 2. The summed E-state index contributed by atoms with van der Waals surface area (Å²) in [4.78, 5) is 22.1. The first kappa shape index (κ1) is 12.8. The number of esters is 1. The van der Waals surface area contributed by atoms with Crippen LogP contribution in [0.2, 0.25) is 0 Å². The highest BCUT2D eigenvalue weighted by atomic mass is 16.5. The lowest BCUT2D eigenvalue weighted by Crippen LogP contribution is -2.04. The second-order valence-electron chi connectivity index (χ2n) is 3.98. The molecular weight excluding hydrogens is 244 g/mol. The molecule has 2 aromatic rings. The molecule has 0 bridgehead atoms. The Bertz CT molecular complexity index is 617. The van der Waals surface area contributed by atoms with Crippen molar-refractivity contribution in [2.75, 3.05) is 0 Å². The van der Waals surface area contributed by atoms with Gasteiger partial charge in [-0.15, -0.1) is 0 Å². The fourth-order valence-corrected chi connectivity index (χ4v) is 1.75. The fourth-order valence-electron chi connectivity index (χ4n) is 1.75. The molecule has 0 saturated carbocycles. The first-order chi connectivity index (χ1) is 9.08. The van der Waals surface area contributed by atoms with Crippen molar-refractivity contribution >= 4 is 11.9 Å². The topological polar surface area (TPSA) is 63.6 Å². The third kappa shape index (κ3) is 2.98. The highest BCUT2D eigenvalue weighted by molar-refractivity contribution is 5.91. The van der Waals surface area contributed by atoms with Crippen LogP contribution in [0.3, 0.4) is 0 Å². The Balaban J connectivity index is 2.56. The number of aromatic carboxylic acids is 1. The van der Waals surface area contributed by atoms with Gasteiger partial charge in [-0.2, -0.15) is 0 Å². The molecule has 2 aromatic carbocycles. The van der Waals surface area contributed by atoms with Crippen molar-refractivity contribution in [2.24, 2.45) is 0 Å². The molecule has 0 aromatic heterocycles. The number of ether oxygens (including phenoxy) is 1. The van der Waals surface area contributed by atoms with Crippen LogP contribution < -0.4 is 4.74 Å². The van der Waals surface area contributed by atoms with E-state index in [9.17, 15) is 9.59 Å². The zero-order valence-electron chi connectivity index (χ0n) is 10.3. The lowest BCUT2D eigenvalue weighted by atomic mass is 10.0. The van der Waals surface area contributed by atoms with Gasteiger partial charge in [0.25, 0.3) is 0 Å². The molecule has 0 aliphatic heterocycles. The van der Waals surface area contributed by atoms with Gasteiger partial charge in [-0.25, -0.2) is 4.79 Å². The van der Waals surface area contributed by atoms with E-state index in [0.29, 0.717) is 11.3 Å². The minimum atomic E-state index is -1.02. The molecular formula is C15H12O4. The molecule has 0 spiro atoms. The van der Waals surface area contributed by atoms with E-state index in [4.69, 9.17) is 9.84 Å². The second-order valence-corrected chi connectivity index (χ2v) is 3.98. The minimum Gasteiger partial charge on any atom is -0.478 e. The van der Waals surface area contributed by atoms with Crippen molar-refractivity contribution in [1.29, 1.82) is 0 Å². The van der Waals surface area contributed by atoms with Crippen LogP contribution in [0.4, 0.5) is 0 Å². The maximum atomic E-state index is 11.1. The molecule has 0 aliphatic carbocycles. The number of hydrogen-bond acceptors (Lipinski definition) is 3. The molecule has 0 aliphatic rings. The van der Waals surface area contributed by atoms with Gasteiger partial charge < -0.3 is 9.84 Å². The predicted octanol–water partition coefficient (Wildman–Crippen LogP) is 2.98. The molecule has 4 nitrogen and oxygen atoms in total. The Kier molecular flexibility index (Phi) is 3.61. The third-order valence-electron chi connectivity index (χ3n) is 2.56. The van der Waals surface area contributed by atoms with Crippen LogP contribution in [-0.2, 0) is 4.79 Å². The van der Waals surface area contributed by atoms with Crippen molar-refractivity contribution in [2.45, 2.75) is 6.92 Å². The molecule has 1 N–H and O–H groups in total. The zero-order chi connectivity index (χ0) is 13.8. The average molecular weight is 256 g/mol. The maximum absolute atomic E-state index is 11.1. The summed E-state index contributed by atoms with van der Waals surface area (Å²) in [5, 5.41) is 9.02. The Morgan fingerprint density at radius 1 is 1.05 bits per heavy atom. The molecule has 0 unspecified atom stereocenters. The number of rotatable bonds is 3. The quantitative estimate of drug-likeness (QED) is 0.677. The number of carboxylic acid groups (broad SMARTS) is 1. The van der Waals surface area contributed by atoms with Gasteiger partial charge in [0, 0.05) is 12.5 Å². The molecule has 0 atom stereocenters. The molecule has 0 amide bonds. The molecule has 2 rings (SSSR count). The van der Waals surface area contributed by atoms with Crippen molar-refractivity contribution < 1.29 is 19.4 Å². The van der Waals surface area contributed by atoms with Crippen molar-refractivity contribution in [1.82, 2.24) is 0 Å². The number of carboxylic acids is 1. The standard InChI is InChI=1S/C15H12O4/c1-10(16)19-14-8-7-12(15(17)18)9-13(14)11-5-3-2-4-6-11/h2-9H,1H3,(H,17,18). The summed E-state index contributed by atoms with van der Waals surface area (Å²) in [6.07, 6.45) is 0. The normalized spacial score (nSPS) is 9.95. The van der Waals surface area contributed by atoms with Gasteiger partial charge in [0.2, 0.25) is 0 Å². The van der Waals surface area contributed by atoms with Crippen LogP contribution in [0.5, 0.6) is 5.75 Å². The van der Waals surface area contributed by atoms with Crippen LogP contribution in [0, 0.1) is 0 Å². The lowest BCUT2D eigenvalue weighted by molar-refractivity contribution is -0.131. The predicted molar refractivity (Wildman–Crippen MR) is 70.1 cm³/mol. The zero-order valence-corrected chi connectivity index (χ0v) is 10.3. The van der Waals surface area contributed by atoms with E-state index in [-0.39, 0.29) is 5.56 Å². The highest BCUT2D eigenvalue weighted by Gasteiger charge is 2.12. The van der Waals surface area contributed by atoms with E-state index in [0.717, 1.165) is 5.56 Å². The summed E-state index contributed by atoms with van der Waals surface area (Å²) in [7, 11) is 0. The molecule has 0 radical (unpaired) electrons. The van der Waals surface area contributed by atoms with Crippen molar-refractivity contribution in [3.8, 4) is 16.9 Å². The summed E-state index contributed by atoms with van der Waals surface area (Å²) in [5.74, 6) is -1.12. The summed E-state index contributed by atoms with van der Waals surface area (Å²) in [6, 6.07) is 13.6. The second kappa shape index (κ2) is 5.35.